The van der Waals surface area contributed by atoms with Gasteiger partial charge in [0.1, 0.15) is 6.29 Å². The third-order valence-electron chi connectivity index (χ3n) is 2.33. The van der Waals surface area contributed by atoms with Gasteiger partial charge in [-0.2, -0.15) is 0 Å². The molecule has 0 heterocycles. The van der Waals surface area contributed by atoms with Gasteiger partial charge in [0.05, 0.1) is 0 Å². The van der Waals surface area contributed by atoms with E-state index in [0.717, 1.165) is 11.8 Å². The van der Waals surface area contributed by atoms with Crippen molar-refractivity contribution in [2.75, 3.05) is 0 Å². The molecule has 0 saturated carbocycles. The number of benzene rings is 1. The Kier molecular flexibility index (Phi) is 3.24. The van der Waals surface area contributed by atoms with Crippen molar-refractivity contribution < 1.29 is 4.79 Å². The van der Waals surface area contributed by atoms with Crippen molar-refractivity contribution in [2.24, 2.45) is 0 Å². The normalized spacial score (nSPS) is 12.9. The molecule has 1 nitrogen and oxygen atoms in total. The Balaban J connectivity index is 2.87. The molecule has 0 amide bonds. The van der Waals surface area contributed by atoms with Crippen LogP contribution in [0.4, 0.5) is 0 Å². The minimum atomic E-state index is 0.0150. The van der Waals surface area contributed by atoms with Gasteiger partial charge in [-0.05, 0) is 17.0 Å². The first kappa shape index (κ1) is 9.97. The van der Waals surface area contributed by atoms with Crippen molar-refractivity contribution in [3.8, 4) is 0 Å². The van der Waals surface area contributed by atoms with E-state index in [2.05, 4.69) is 26.0 Å². The van der Waals surface area contributed by atoms with E-state index >= 15 is 0 Å². The zero-order valence-corrected chi connectivity index (χ0v) is 8.45. The predicted molar refractivity (Wildman–Crippen MR) is 55.0 cm³/mol. The Labute approximate surface area is 79.8 Å². The van der Waals surface area contributed by atoms with Gasteiger partial charge in [-0.25, -0.2) is 0 Å². The van der Waals surface area contributed by atoms with Crippen LogP contribution in [0.15, 0.2) is 24.3 Å². The summed E-state index contributed by atoms with van der Waals surface area (Å²) in [6.45, 7) is 6.24. The van der Waals surface area contributed by atoms with E-state index in [0.29, 0.717) is 5.92 Å². The lowest BCUT2D eigenvalue weighted by Crippen LogP contribution is -1.95. The van der Waals surface area contributed by atoms with Gasteiger partial charge in [0, 0.05) is 5.92 Å². The summed E-state index contributed by atoms with van der Waals surface area (Å²) in [5.41, 5.74) is 2.42. The molecule has 0 N–H and O–H groups in total. The highest BCUT2D eigenvalue weighted by Crippen LogP contribution is 2.18. The summed E-state index contributed by atoms with van der Waals surface area (Å²) < 4.78 is 0. The smallest absolute Gasteiger partial charge is 0.127 e. The molecule has 0 spiro atoms. The second kappa shape index (κ2) is 4.22. The van der Waals surface area contributed by atoms with Crippen molar-refractivity contribution in [3.05, 3.63) is 35.4 Å². The SMILES string of the molecule is CC(C)c1ccc([C@H](C)C=O)cc1. The Morgan fingerprint density at radius 3 is 1.85 bits per heavy atom. The fourth-order valence-electron chi connectivity index (χ4n) is 1.26. The van der Waals surface area contributed by atoms with Crippen LogP contribution >= 0.6 is 0 Å². The van der Waals surface area contributed by atoms with Crippen molar-refractivity contribution in [3.63, 3.8) is 0 Å². The van der Waals surface area contributed by atoms with Gasteiger partial charge < -0.3 is 4.79 Å². The highest BCUT2D eigenvalue weighted by atomic mass is 16.1. The molecule has 0 aliphatic heterocycles. The van der Waals surface area contributed by atoms with Gasteiger partial charge in [0.15, 0.2) is 0 Å². The summed E-state index contributed by atoms with van der Waals surface area (Å²) in [4.78, 5) is 10.5. The van der Waals surface area contributed by atoms with Crippen LogP contribution in [-0.4, -0.2) is 6.29 Å². The second-order valence-electron chi connectivity index (χ2n) is 3.75. The van der Waals surface area contributed by atoms with Crippen molar-refractivity contribution >= 4 is 6.29 Å². The lowest BCUT2D eigenvalue weighted by Gasteiger charge is -2.08. The molecule has 0 aromatic heterocycles. The Hall–Kier alpha value is -1.11. The van der Waals surface area contributed by atoms with E-state index in [4.69, 9.17) is 0 Å². The van der Waals surface area contributed by atoms with Crippen molar-refractivity contribution in [2.45, 2.75) is 32.6 Å². The van der Waals surface area contributed by atoms with Gasteiger partial charge in [-0.15, -0.1) is 0 Å². The van der Waals surface area contributed by atoms with E-state index in [1.165, 1.54) is 5.56 Å². The van der Waals surface area contributed by atoms with E-state index in [-0.39, 0.29) is 5.92 Å². The first-order valence-electron chi connectivity index (χ1n) is 4.70. The molecule has 0 fully saturated rings. The van der Waals surface area contributed by atoms with E-state index in [1.807, 2.05) is 19.1 Å². The molecule has 1 rings (SSSR count). The molecule has 1 atom stereocenters. The topological polar surface area (TPSA) is 17.1 Å². The maximum atomic E-state index is 10.5. The van der Waals surface area contributed by atoms with Crippen molar-refractivity contribution in [1.29, 1.82) is 0 Å². The van der Waals surface area contributed by atoms with E-state index in [1.54, 1.807) is 0 Å². The third kappa shape index (κ3) is 2.41. The van der Waals surface area contributed by atoms with Gasteiger partial charge in [0.2, 0.25) is 0 Å². The lowest BCUT2D eigenvalue weighted by molar-refractivity contribution is -0.108. The quantitative estimate of drug-likeness (QED) is 0.647. The number of carbonyl (C=O) groups is 1. The third-order valence-corrected chi connectivity index (χ3v) is 2.33. The molecule has 1 heteroatoms. The lowest BCUT2D eigenvalue weighted by atomic mass is 9.97. The minimum absolute atomic E-state index is 0.0150. The molecular formula is C12H16O. The summed E-state index contributed by atoms with van der Waals surface area (Å²) in [7, 11) is 0. The molecule has 70 valence electrons. The standard InChI is InChI=1S/C12H16O/c1-9(2)11-4-6-12(7-5-11)10(3)8-13/h4-10H,1-3H3/t10-/m1/s1. The molecule has 0 radical (unpaired) electrons. The fourth-order valence-corrected chi connectivity index (χ4v) is 1.26. The van der Waals surface area contributed by atoms with Crippen LogP contribution < -0.4 is 0 Å². The first-order chi connectivity index (χ1) is 6.15. The van der Waals surface area contributed by atoms with E-state index < -0.39 is 0 Å². The van der Waals surface area contributed by atoms with Crippen LogP contribution in [0.1, 0.15) is 43.7 Å². The summed E-state index contributed by atoms with van der Waals surface area (Å²) in [5, 5.41) is 0. The highest BCUT2D eigenvalue weighted by molar-refractivity contribution is 5.61. The summed E-state index contributed by atoms with van der Waals surface area (Å²) in [6.07, 6.45) is 0.977. The minimum Gasteiger partial charge on any atom is -0.303 e. The number of carbonyl (C=O) groups excluding carboxylic acids is 1. The van der Waals surface area contributed by atoms with Gasteiger partial charge in [0.25, 0.3) is 0 Å². The number of aldehydes is 1. The monoisotopic (exact) mass is 176 g/mol. The summed E-state index contributed by atoms with van der Waals surface area (Å²) >= 11 is 0. The molecule has 0 unspecified atom stereocenters. The van der Waals surface area contributed by atoms with Crippen LogP contribution in [0.2, 0.25) is 0 Å². The first-order valence-corrected chi connectivity index (χ1v) is 4.70. The molecule has 0 bridgehead atoms. The molecule has 13 heavy (non-hydrogen) atoms. The maximum Gasteiger partial charge on any atom is 0.127 e. The summed E-state index contributed by atoms with van der Waals surface area (Å²) in [6, 6.07) is 8.27. The maximum absolute atomic E-state index is 10.5. The van der Waals surface area contributed by atoms with Gasteiger partial charge in [-0.1, -0.05) is 45.0 Å². The molecule has 0 aliphatic carbocycles. The number of rotatable bonds is 3. The van der Waals surface area contributed by atoms with Crippen molar-refractivity contribution in [1.82, 2.24) is 0 Å². The average molecular weight is 176 g/mol. The van der Waals surface area contributed by atoms with Crippen LogP contribution in [-0.2, 0) is 4.79 Å². The fraction of sp³-hybridized carbons (Fsp3) is 0.417. The zero-order valence-electron chi connectivity index (χ0n) is 8.45. The predicted octanol–water partition coefficient (Wildman–Crippen LogP) is 3.11. The van der Waals surface area contributed by atoms with Gasteiger partial charge >= 0.3 is 0 Å². The zero-order chi connectivity index (χ0) is 9.84. The molecule has 0 aliphatic rings. The van der Waals surface area contributed by atoms with E-state index in [9.17, 15) is 4.79 Å². The van der Waals surface area contributed by atoms with Crippen LogP contribution in [0.5, 0.6) is 0 Å². The second-order valence-corrected chi connectivity index (χ2v) is 3.75. The number of hydrogen-bond donors (Lipinski definition) is 0. The average Bonchev–Trinajstić information content (AvgIpc) is 2.17. The Bertz CT molecular complexity index is 272. The Morgan fingerprint density at radius 1 is 1.00 bits per heavy atom. The highest BCUT2D eigenvalue weighted by Gasteiger charge is 2.04. The van der Waals surface area contributed by atoms with Crippen LogP contribution in [0.25, 0.3) is 0 Å². The van der Waals surface area contributed by atoms with Gasteiger partial charge in [-0.3, -0.25) is 0 Å². The van der Waals surface area contributed by atoms with Crippen LogP contribution in [0, 0.1) is 0 Å². The molecule has 0 saturated heterocycles. The van der Waals surface area contributed by atoms with Crippen LogP contribution in [0.3, 0.4) is 0 Å². The molecule has 1 aromatic rings. The number of hydrogen-bond acceptors (Lipinski definition) is 1. The largest absolute Gasteiger partial charge is 0.303 e. The Morgan fingerprint density at radius 2 is 1.46 bits per heavy atom. The molecular weight excluding hydrogens is 160 g/mol. The summed E-state index contributed by atoms with van der Waals surface area (Å²) in [5.74, 6) is 0.571. The molecule has 1 aromatic carbocycles.